The zero-order valence-electron chi connectivity index (χ0n) is 8.72. The van der Waals surface area contributed by atoms with Gasteiger partial charge in [0.1, 0.15) is 5.75 Å². The van der Waals surface area contributed by atoms with Crippen LogP contribution in [0.2, 0.25) is 0 Å². The summed E-state index contributed by atoms with van der Waals surface area (Å²) in [6.07, 6.45) is -0.216. The minimum Gasteiger partial charge on any atom is -0.494 e. The Balaban J connectivity index is 2.15. The molecule has 0 aliphatic heterocycles. The Morgan fingerprint density at radius 1 is 1.40 bits per heavy atom. The van der Waals surface area contributed by atoms with Crippen LogP contribution >= 0.6 is 0 Å². The lowest BCUT2D eigenvalue weighted by Gasteiger charge is -2.12. The molecule has 1 rings (SSSR count). The normalized spacial score (nSPS) is 9.67. The van der Waals surface area contributed by atoms with E-state index < -0.39 is 6.09 Å². The highest BCUT2D eigenvalue weighted by atomic mass is 16.5. The third-order valence-electron chi connectivity index (χ3n) is 1.98. The molecule has 0 saturated carbocycles. The summed E-state index contributed by atoms with van der Waals surface area (Å²) in [6.45, 7) is 1.02. The molecule has 0 unspecified atom stereocenters. The summed E-state index contributed by atoms with van der Waals surface area (Å²) in [5.74, 6) is 0.815. The summed E-state index contributed by atoms with van der Waals surface area (Å²) in [5.41, 5.74) is 0. The van der Waals surface area contributed by atoms with Crippen LogP contribution in [-0.4, -0.2) is 36.3 Å². The molecule has 0 aliphatic carbocycles. The summed E-state index contributed by atoms with van der Waals surface area (Å²) >= 11 is 0. The first-order chi connectivity index (χ1) is 7.20. The largest absolute Gasteiger partial charge is 0.494 e. The summed E-state index contributed by atoms with van der Waals surface area (Å²) in [7, 11) is 1.55. The number of para-hydroxylation sites is 1. The smallest absolute Gasteiger partial charge is 0.407 e. The Bertz CT molecular complexity index is 300. The van der Waals surface area contributed by atoms with Crippen molar-refractivity contribution < 1.29 is 14.6 Å². The average Bonchev–Trinajstić information content (AvgIpc) is 2.25. The third-order valence-corrected chi connectivity index (χ3v) is 1.98. The maximum Gasteiger partial charge on any atom is 0.407 e. The summed E-state index contributed by atoms with van der Waals surface area (Å²) in [4.78, 5) is 11.7. The lowest BCUT2D eigenvalue weighted by Crippen LogP contribution is -2.26. The van der Waals surface area contributed by atoms with E-state index in [1.165, 1.54) is 4.90 Å². The second-order valence-corrected chi connectivity index (χ2v) is 3.22. The molecule has 0 aromatic heterocycles. The van der Waals surface area contributed by atoms with Crippen molar-refractivity contribution in [3.63, 3.8) is 0 Å². The maximum absolute atomic E-state index is 10.4. The molecule has 0 saturated heterocycles. The van der Waals surface area contributed by atoms with Gasteiger partial charge in [-0.15, -0.1) is 0 Å². The van der Waals surface area contributed by atoms with Gasteiger partial charge in [0.05, 0.1) is 6.61 Å². The zero-order valence-corrected chi connectivity index (χ0v) is 8.72. The monoisotopic (exact) mass is 209 g/mol. The number of carbonyl (C=O) groups is 1. The fourth-order valence-corrected chi connectivity index (χ4v) is 1.10. The number of hydrogen-bond acceptors (Lipinski definition) is 2. The van der Waals surface area contributed by atoms with E-state index in [1.807, 2.05) is 30.3 Å². The van der Waals surface area contributed by atoms with Crippen LogP contribution in [-0.2, 0) is 0 Å². The molecular formula is C11H15NO3. The van der Waals surface area contributed by atoms with E-state index in [-0.39, 0.29) is 0 Å². The number of rotatable bonds is 5. The van der Waals surface area contributed by atoms with Crippen molar-refractivity contribution in [1.82, 2.24) is 4.90 Å². The standard InChI is InChI=1S/C11H15NO3/c1-12(11(13)14)8-5-9-15-10-6-3-2-4-7-10/h2-4,6-7H,5,8-9H2,1H3,(H,13,14). The molecule has 1 aromatic carbocycles. The number of ether oxygens (including phenoxy) is 1. The van der Waals surface area contributed by atoms with Crippen LogP contribution in [0.15, 0.2) is 30.3 Å². The lowest BCUT2D eigenvalue weighted by atomic mass is 10.3. The van der Waals surface area contributed by atoms with Gasteiger partial charge in [0.15, 0.2) is 0 Å². The first-order valence-electron chi connectivity index (χ1n) is 4.82. The van der Waals surface area contributed by atoms with Gasteiger partial charge in [-0.3, -0.25) is 0 Å². The third kappa shape index (κ3) is 4.35. The van der Waals surface area contributed by atoms with E-state index in [9.17, 15) is 4.79 Å². The Hall–Kier alpha value is -1.71. The zero-order chi connectivity index (χ0) is 11.1. The van der Waals surface area contributed by atoms with Gasteiger partial charge in [-0.1, -0.05) is 18.2 Å². The van der Waals surface area contributed by atoms with E-state index in [0.29, 0.717) is 19.6 Å². The van der Waals surface area contributed by atoms with E-state index >= 15 is 0 Å². The molecule has 82 valence electrons. The van der Waals surface area contributed by atoms with Gasteiger partial charge in [-0.05, 0) is 18.6 Å². The molecule has 0 fully saturated rings. The van der Waals surface area contributed by atoms with Crippen LogP contribution < -0.4 is 4.74 Å². The first-order valence-corrected chi connectivity index (χ1v) is 4.82. The van der Waals surface area contributed by atoms with Crippen molar-refractivity contribution in [2.24, 2.45) is 0 Å². The molecule has 1 amide bonds. The van der Waals surface area contributed by atoms with E-state index in [2.05, 4.69) is 0 Å². The molecular weight excluding hydrogens is 194 g/mol. The molecule has 0 spiro atoms. The van der Waals surface area contributed by atoms with Crippen LogP contribution in [0.5, 0.6) is 5.75 Å². The van der Waals surface area contributed by atoms with Gasteiger partial charge in [0.2, 0.25) is 0 Å². The fraction of sp³-hybridized carbons (Fsp3) is 0.364. The molecule has 0 bridgehead atoms. The van der Waals surface area contributed by atoms with Gasteiger partial charge in [0.25, 0.3) is 0 Å². The molecule has 1 aromatic rings. The van der Waals surface area contributed by atoms with Crippen molar-refractivity contribution in [3.05, 3.63) is 30.3 Å². The van der Waals surface area contributed by atoms with E-state index in [1.54, 1.807) is 7.05 Å². The van der Waals surface area contributed by atoms with Gasteiger partial charge in [0, 0.05) is 13.6 Å². The Labute approximate surface area is 89.1 Å². The molecule has 0 radical (unpaired) electrons. The summed E-state index contributed by atoms with van der Waals surface area (Å²) < 4.78 is 5.42. The molecule has 0 aliphatic rings. The molecule has 1 N–H and O–H groups in total. The minimum atomic E-state index is -0.908. The van der Waals surface area contributed by atoms with Crippen molar-refractivity contribution >= 4 is 6.09 Å². The lowest BCUT2D eigenvalue weighted by molar-refractivity contribution is 0.152. The quantitative estimate of drug-likeness (QED) is 0.755. The van der Waals surface area contributed by atoms with Crippen molar-refractivity contribution in [2.45, 2.75) is 6.42 Å². The molecule has 4 heteroatoms. The van der Waals surface area contributed by atoms with Crippen molar-refractivity contribution in [3.8, 4) is 5.75 Å². The molecule has 0 atom stereocenters. The topological polar surface area (TPSA) is 49.8 Å². The van der Waals surface area contributed by atoms with E-state index in [0.717, 1.165) is 5.75 Å². The predicted octanol–water partition coefficient (Wildman–Crippen LogP) is 2.07. The Kier molecular flexibility index (Phi) is 4.47. The predicted molar refractivity (Wildman–Crippen MR) is 57.2 cm³/mol. The van der Waals surface area contributed by atoms with Crippen LogP contribution in [0.3, 0.4) is 0 Å². The highest BCUT2D eigenvalue weighted by Crippen LogP contribution is 2.08. The minimum absolute atomic E-state index is 0.488. The van der Waals surface area contributed by atoms with Gasteiger partial charge < -0.3 is 14.7 Å². The van der Waals surface area contributed by atoms with Crippen LogP contribution in [0.4, 0.5) is 4.79 Å². The molecule has 15 heavy (non-hydrogen) atoms. The number of nitrogens with zero attached hydrogens (tertiary/aromatic N) is 1. The summed E-state index contributed by atoms with van der Waals surface area (Å²) in [5, 5.41) is 8.58. The number of amides is 1. The SMILES string of the molecule is CN(CCCOc1ccccc1)C(=O)O. The second kappa shape index (κ2) is 5.90. The maximum atomic E-state index is 10.4. The van der Waals surface area contributed by atoms with Crippen molar-refractivity contribution in [1.29, 1.82) is 0 Å². The van der Waals surface area contributed by atoms with Gasteiger partial charge >= 0.3 is 6.09 Å². The number of hydrogen-bond donors (Lipinski definition) is 1. The average molecular weight is 209 g/mol. The van der Waals surface area contributed by atoms with Gasteiger partial charge in [-0.25, -0.2) is 4.79 Å². The van der Waals surface area contributed by atoms with E-state index in [4.69, 9.17) is 9.84 Å². The number of carboxylic acid groups (broad SMARTS) is 1. The Morgan fingerprint density at radius 3 is 2.67 bits per heavy atom. The molecule has 0 heterocycles. The Morgan fingerprint density at radius 2 is 2.07 bits per heavy atom. The fourth-order valence-electron chi connectivity index (χ4n) is 1.10. The van der Waals surface area contributed by atoms with Crippen molar-refractivity contribution in [2.75, 3.05) is 20.2 Å². The first kappa shape index (κ1) is 11.4. The summed E-state index contributed by atoms with van der Waals surface area (Å²) in [6, 6.07) is 9.48. The van der Waals surface area contributed by atoms with Crippen LogP contribution in [0.25, 0.3) is 0 Å². The highest BCUT2D eigenvalue weighted by Gasteiger charge is 2.03. The highest BCUT2D eigenvalue weighted by molar-refractivity contribution is 5.64. The second-order valence-electron chi connectivity index (χ2n) is 3.22. The number of benzene rings is 1. The van der Waals surface area contributed by atoms with Gasteiger partial charge in [-0.2, -0.15) is 0 Å². The van der Waals surface area contributed by atoms with Crippen LogP contribution in [0, 0.1) is 0 Å². The molecule has 4 nitrogen and oxygen atoms in total. The van der Waals surface area contributed by atoms with Crippen LogP contribution in [0.1, 0.15) is 6.42 Å².